The number of hydrogen-bond donors (Lipinski definition) is 1. The van der Waals surface area contributed by atoms with E-state index in [4.69, 9.17) is 0 Å². The molecular weight excluding hydrogens is 484 g/mol. The monoisotopic (exact) mass is 514 g/mol. The Balaban J connectivity index is 1.89. The summed E-state index contributed by atoms with van der Waals surface area (Å²) in [5.41, 5.74) is 3.94. The van der Waals surface area contributed by atoms with E-state index in [-0.39, 0.29) is 9.79 Å². The van der Waals surface area contributed by atoms with Gasteiger partial charge in [-0.3, -0.25) is 9.10 Å². The zero-order chi connectivity index (χ0) is 26.0. The number of benzene rings is 3. The lowest BCUT2D eigenvalue weighted by Crippen LogP contribution is -2.41. The van der Waals surface area contributed by atoms with Crippen LogP contribution in [0.2, 0.25) is 0 Å². The van der Waals surface area contributed by atoms with Crippen molar-refractivity contribution in [2.24, 2.45) is 0 Å². The Bertz CT molecular complexity index is 1430. The van der Waals surface area contributed by atoms with Crippen LogP contribution in [0.1, 0.15) is 35.2 Å². The van der Waals surface area contributed by atoms with Crippen LogP contribution in [0.15, 0.2) is 76.5 Å². The van der Waals surface area contributed by atoms with Gasteiger partial charge in [-0.15, -0.1) is 0 Å². The van der Waals surface area contributed by atoms with Crippen molar-refractivity contribution in [1.82, 2.24) is 5.32 Å². The second-order valence-electron chi connectivity index (χ2n) is 8.72. The standard InChI is InChI=1S/C26H30N2O5S2/c1-18-6-12-25(13-7-18)35(32,33)28(23-11-8-19(2)20(3)16-23)17-26(29)27-21(4)22-9-14-24(15-10-22)34(5,30)31/h6-16,21H,17H2,1-5H3,(H,27,29)/t21-/m0/s1. The van der Waals surface area contributed by atoms with E-state index in [2.05, 4.69) is 5.32 Å². The molecule has 0 spiro atoms. The summed E-state index contributed by atoms with van der Waals surface area (Å²) in [7, 11) is -7.34. The molecule has 0 heterocycles. The molecule has 0 saturated carbocycles. The van der Waals surface area contributed by atoms with Gasteiger partial charge in [-0.25, -0.2) is 16.8 Å². The van der Waals surface area contributed by atoms with Crippen LogP contribution in [0.5, 0.6) is 0 Å². The van der Waals surface area contributed by atoms with Crippen LogP contribution in [0, 0.1) is 20.8 Å². The van der Waals surface area contributed by atoms with Crippen LogP contribution >= 0.6 is 0 Å². The van der Waals surface area contributed by atoms with Crippen molar-refractivity contribution in [2.75, 3.05) is 17.1 Å². The summed E-state index contributed by atoms with van der Waals surface area (Å²) in [6, 6.07) is 17.5. The van der Waals surface area contributed by atoms with E-state index in [0.29, 0.717) is 11.3 Å². The Labute approximate surface area is 207 Å². The van der Waals surface area contributed by atoms with Crippen molar-refractivity contribution in [3.8, 4) is 0 Å². The van der Waals surface area contributed by atoms with Crippen LogP contribution < -0.4 is 9.62 Å². The van der Waals surface area contributed by atoms with Gasteiger partial charge in [0.05, 0.1) is 21.5 Å². The highest BCUT2D eigenvalue weighted by Gasteiger charge is 2.28. The van der Waals surface area contributed by atoms with E-state index >= 15 is 0 Å². The number of amides is 1. The minimum Gasteiger partial charge on any atom is -0.348 e. The molecule has 3 aromatic rings. The van der Waals surface area contributed by atoms with Crippen molar-refractivity contribution in [1.29, 1.82) is 0 Å². The summed E-state index contributed by atoms with van der Waals surface area (Å²) in [4.78, 5) is 13.3. The lowest BCUT2D eigenvalue weighted by atomic mass is 10.1. The number of nitrogens with zero attached hydrogens (tertiary/aromatic N) is 1. The molecule has 0 aliphatic rings. The zero-order valence-electron chi connectivity index (χ0n) is 20.4. The first-order valence-corrected chi connectivity index (χ1v) is 14.4. The molecule has 1 atom stereocenters. The molecule has 1 N–H and O–H groups in total. The third kappa shape index (κ3) is 6.29. The van der Waals surface area contributed by atoms with Gasteiger partial charge in [0.1, 0.15) is 6.54 Å². The van der Waals surface area contributed by atoms with E-state index in [1.54, 1.807) is 43.3 Å². The maximum Gasteiger partial charge on any atom is 0.264 e. The predicted molar refractivity (Wildman–Crippen MR) is 138 cm³/mol. The molecule has 9 heteroatoms. The molecule has 0 radical (unpaired) electrons. The fourth-order valence-electron chi connectivity index (χ4n) is 3.54. The van der Waals surface area contributed by atoms with Gasteiger partial charge in [0.25, 0.3) is 10.0 Å². The number of anilines is 1. The molecule has 7 nitrogen and oxygen atoms in total. The number of carbonyl (C=O) groups is 1. The number of carbonyl (C=O) groups excluding carboxylic acids is 1. The summed E-state index contributed by atoms with van der Waals surface area (Å²) in [6.45, 7) is 7.03. The third-order valence-electron chi connectivity index (χ3n) is 5.86. The summed E-state index contributed by atoms with van der Waals surface area (Å²) in [5.74, 6) is -0.487. The minimum atomic E-state index is -4.01. The van der Waals surface area contributed by atoms with Crippen molar-refractivity contribution >= 4 is 31.5 Å². The average Bonchev–Trinajstić information content (AvgIpc) is 2.79. The van der Waals surface area contributed by atoms with Crippen molar-refractivity contribution in [3.63, 3.8) is 0 Å². The summed E-state index contributed by atoms with van der Waals surface area (Å²) in [5, 5.41) is 2.82. The fraction of sp³-hybridized carbons (Fsp3) is 0.269. The van der Waals surface area contributed by atoms with Crippen LogP contribution in [-0.2, 0) is 24.7 Å². The van der Waals surface area contributed by atoms with Crippen LogP contribution in [0.4, 0.5) is 5.69 Å². The Morgan fingerprint density at radius 2 is 1.40 bits per heavy atom. The molecule has 0 fully saturated rings. The molecule has 0 unspecified atom stereocenters. The van der Waals surface area contributed by atoms with Gasteiger partial charge in [0.15, 0.2) is 9.84 Å². The van der Waals surface area contributed by atoms with Gasteiger partial charge in [-0.1, -0.05) is 35.9 Å². The molecular formula is C26H30N2O5S2. The van der Waals surface area contributed by atoms with Gasteiger partial charge >= 0.3 is 0 Å². The van der Waals surface area contributed by atoms with Crippen LogP contribution in [0.25, 0.3) is 0 Å². The van der Waals surface area contributed by atoms with E-state index < -0.39 is 38.4 Å². The highest BCUT2D eigenvalue weighted by Crippen LogP contribution is 2.26. The van der Waals surface area contributed by atoms with Crippen molar-refractivity contribution in [3.05, 3.63) is 89.0 Å². The first kappa shape index (κ1) is 26.4. The Hall–Kier alpha value is -3.17. The lowest BCUT2D eigenvalue weighted by molar-refractivity contribution is -0.120. The third-order valence-corrected chi connectivity index (χ3v) is 8.78. The largest absolute Gasteiger partial charge is 0.348 e. The summed E-state index contributed by atoms with van der Waals surface area (Å²) in [6.07, 6.45) is 1.13. The number of aryl methyl sites for hydroxylation is 3. The van der Waals surface area contributed by atoms with Crippen molar-refractivity contribution < 1.29 is 21.6 Å². The Morgan fingerprint density at radius 3 is 1.94 bits per heavy atom. The first-order valence-electron chi connectivity index (χ1n) is 11.0. The Morgan fingerprint density at radius 1 is 0.829 bits per heavy atom. The number of sulfonamides is 1. The highest BCUT2D eigenvalue weighted by molar-refractivity contribution is 7.93. The molecule has 186 valence electrons. The molecule has 0 aliphatic carbocycles. The topological polar surface area (TPSA) is 101 Å². The quantitative estimate of drug-likeness (QED) is 0.488. The van der Waals surface area contributed by atoms with Crippen LogP contribution in [0.3, 0.4) is 0 Å². The second-order valence-corrected chi connectivity index (χ2v) is 12.6. The molecule has 35 heavy (non-hydrogen) atoms. The number of nitrogens with one attached hydrogen (secondary N) is 1. The van der Waals surface area contributed by atoms with Gasteiger partial charge in [-0.2, -0.15) is 0 Å². The zero-order valence-corrected chi connectivity index (χ0v) is 22.1. The number of rotatable bonds is 8. The molecule has 0 aliphatic heterocycles. The van der Waals surface area contributed by atoms with E-state index in [9.17, 15) is 21.6 Å². The number of sulfone groups is 1. The van der Waals surface area contributed by atoms with E-state index in [0.717, 1.165) is 27.3 Å². The molecule has 3 aromatic carbocycles. The smallest absolute Gasteiger partial charge is 0.264 e. The molecule has 3 rings (SSSR count). The highest BCUT2D eigenvalue weighted by atomic mass is 32.2. The maximum atomic E-state index is 13.6. The summed E-state index contributed by atoms with van der Waals surface area (Å²) < 4.78 is 51.6. The summed E-state index contributed by atoms with van der Waals surface area (Å²) >= 11 is 0. The molecule has 0 saturated heterocycles. The SMILES string of the molecule is Cc1ccc(S(=O)(=O)N(CC(=O)N[C@@H](C)c2ccc(S(C)(=O)=O)cc2)c2ccc(C)c(C)c2)cc1. The minimum absolute atomic E-state index is 0.0959. The predicted octanol–water partition coefficient (Wildman–Crippen LogP) is 4.09. The molecule has 1 amide bonds. The van der Waals surface area contributed by atoms with Crippen molar-refractivity contribution in [2.45, 2.75) is 43.5 Å². The average molecular weight is 515 g/mol. The first-order chi connectivity index (χ1) is 16.3. The van der Waals surface area contributed by atoms with Crippen LogP contribution in [-0.4, -0.2) is 35.5 Å². The maximum absolute atomic E-state index is 13.6. The molecule has 0 aromatic heterocycles. The second kappa shape index (κ2) is 10.2. The normalized spacial score (nSPS) is 12.7. The number of hydrogen-bond acceptors (Lipinski definition) is 5. The van der Waals surface area contributed by atoms with Gasteiger partial charge < -0.3 is 5.32 Å². The lowest BCUT2D eigenvalue weighted by Gasteiger charge is -2.26. The van der Waals surface area contributed by atoms with E-state index in [1.165, 1.54) is 24.3 Å². The van der Waals surface area contributed by atoms with Gasteiger partial charge in [0, 0.05) is 6.26 Å². The van der Waals surface area contributed by atoms with E-state index in [1.807, 2.05) is 26.8 Å². The Kier molecular flexibility index (Phi) is 7.71. The fourth-order valence-corrected chi connectivity index (χ4v) is 5.58. The van der Waals surface area contributed by atoms with Gasteiger partial charge in [0.2, 0.25) is 5.91 Å². The molecule has 0 bridgehead atoms. The van der Waals surface area contributed by atoms with Gasteiger partial charge in [-0.05, 0) is 80.8 Å².